The Hall–Kier alpha value is -0.650. The lowest BCUT2D eigenvalue weighted by Gasteiger charge is -2.34. The first-order valence-corrected chi connectivity index (χ1v) is 9.12. The number of anilines is 1. The third-order valence-corrected chi connectivity index (χ3v) is 5.42. The molecule has 2 saturated heterocycles. The lowest BCUT2D eigenvalue weighted by Crippen LogP contribution is -2.38. The Bertz CT molecular complexity index is 484. The summed E-state index contributed by atoms with van der Waals surface area (Å²) < 4.78 is 12.9. The number of ether oxygens (including phenoxy) is 2. The highest BCUT2D eigenvalue weighted by molar-refractivity contribution is 9.10. The van der Waals surface area contributed by atoms with Gasteiger partial charge in [0.15, 0.2) is 0 Å². The zero-order valence-corrected chi connectivity index (χ0v) is 14.8. The molecule has 0 aliphatic carbocycles. The molecule has 0 N–H and O–H groups in total. The van der Waals surface area contributed by atoms with Crippen molar-refractivity contribution >= 4 is 21.7 Å². The Balaban J connectivity index is 1.44. The highest BCUT2D eigenvalue weighted by atomic mass is 79.9. The number of halogens is 1. The molecule has 1 unspecified atom stereocenters. The van der Waals surface area contributed by atoms with E-state index in [1.807, 2.05) is 6.20 Å². The molecule has 122 valence electrons. The van der Waals surface area contributed by atoms with Gasteiger partial charge in [-0.1, -0.05) is 0 Å². The molecule has 1 aromatic heterocycles. The number of aryl methyl sites for hydroxylation is 1. The molecule has 1 atom stereocenters. The van der Waals surface area contributed by atoms with E-state index in [1.54, 1.807) is 0 Å². The largest absolute Gasteiger partial charge is 0.376 e. The van der Waals surface area contributed by atoms with Gasteiger partial charge < -0.3 is 14.4 Å². The van der Waals surface area contributed by atoms with Crippen molar-refractivity contribution in [2.75, 3.05) is 31.2 Å². The van der Waals surface area contributed by atoms with E-state index in [2.05, 4.69) is 38.8 Å². The lowest BCUT2D eigenvalue weighted by atomic mass is 10.1. The maximum absolute atomic E-state index is 6.07. The van der Waals surface area contributed by atoms with Crippen LogP contribution in [-0.4, -0.2) is 43.5 Å². The summed E-state index contributed by atoms with van der Waals surface area (Å²) >= 11 is 3.51. The van der Waals surface area contributed by atoms with Crippen LogP contribution in [-0.2, 0) is 9.47 Å². The van der Waals surface area contributed by atoms with E-state index >= 15 is 0 Å². The van der Waals surface area contributed by atoms with Crippen molar-refractivity contribution in [2.24, 2.45) is 0 Å². The monoisotopic (exact) mass is 368 g/mol. The minimum absolute atomic E-state index is 0.322. The van der Waals surface area contributed by atoms with Gasteiger partial charge in [-0.3, -0.25) is 0 Å². The van der Waals surface area contributed by atoms with E-state index < -0.39 is 0 Å². The Morgan fingerprint density at radius 1 is 1.32 bits per heavy atom. The van der Waals surface area contributed by atoms with Crippen LogP contribution in [0.15, 0.2) is 16.7 Å². The predicted molar refractivity (Wildman–Crippen MR) is 91.5 cm³/mol. The van der Waals surface area contributed by atoms with Crippen molar-refractivity contribution < 1.29 is 9.47 Å². The Morgan fingerprint density at radius 2 is 2.14 bits per heavy atom. The predicted octanol–water partition coefficient (Wildman–Crippen LogP) is 3.71. The third-order valence-electron chi connectivity index (χ3n) is 4.59. The van der Waals surface area contributed by atoms with Gasteiger partial charge in [-0.05, 0) is 66.6 Å². The molecule has 0 spiro atoms. The van der Waals surface area contributed by atoms with Gasteiger partial charge in [-0.2, -0.15) is 0 Å². The quantitative estimate of drug-likeness (QED) is 0.811. The molecule has 3 heterocycles. The van der Waals surface area contributed by atoms with Gasteiger partial charge in [0.25, 0.3) is 0 Å². The SMILES string of the molecule is Cc1cc(N2CCC(OCC3CCCCO3)CC2)ncc1Br. The summed E-state index contributed by atoms with van der Waals surface area (Å²) in [5, 5.41) is 0. The summed E-state index contributed by atoms with van der Waals surface area (Å²) in [6.45, 7) is 5.81. The third kappa shape index (κ3) is 4.21. The molecule has 1 aromatic rings. The normalized spacial score (nSPS) is 23.7. The van der Waals surface area contributed by atoms with Gasteiger partial charge in [-0.15, -0.1) is 0 Å². The van der Waals surface area contributed by atoms with Crippen LogP contribution in [0.2, 0.25) is 0 Å². The maximum atomic E-state index is 6.07. The van der Waals surface area contributed by atoms with Crippen LogP contribution in [0, 0.1) is 6.92 Å². The smallest absolute Gasteiger partial charge is 0.128 e. The Labute approximate surface area is 141 Å². The molecule has 5 heteroatoms. The van der Waals surface area contributed by atoms with Crippen LogP contribution in [0.4, 0.5) is 5.82 Å². The summed E-state index contributed by atoms with van der Waals surface area (Å²) in [4.78, 5) is 6.88. The van der Waals surface area contributed by atoms with Gasteiger partial charge in [-0.25, -0.2) is 4.98 Å². The van der Waals surface area contributed by atoms with Crippen LogP contribution in [0.3, 0.4) is 0 Å². The van der Waals surface area contributed by atoms with Crippen LogP contribution in [0.5, 0.6) is 0 Å². The fraction of sp³-hybridized carbons (Fsp3) is 0.706. The van der Waals surface area contributed by atoms with E-state index in [-0.39, 0.29) is 0 Å². The molecule has 22 heavy (non-hydrogen) atoms. The van der Waals surface area contributed by atoms with Crippen LogP contribution in [0.1, 0.15) is 37.7 Å². The van der Waals surface area contributed by atoms with Gasteiger partial charge in [0.1, 0.15) is 5.82 Å². The first kappa shape index (κ1) is 16.2. The van der Waals surface area contributed by atoms with Crippen LogP contribution in [0.25, 0.3) is 0 Å². The number of pyridine rings is 1. The van der Waals surface area contributed by atoms with E-state index in [0.29, 0.717) is 12.2 Å². The fourth-order valence-corrected chi connectivity index (χ4v) is 3.35. The van der Waals surface area contributed by atoms with E-state index in [9.17, 15) is 0 Å². The van der Waals surface area contributed by atoms with Gasteiger partial charge >= 0.3 is 0 Å². The summed E-state index contributed by atoms with van der Waals surface area (Å²) in [7, 11) is 0. The molecule has 0 saturated carbocycles. The topological polar surface area (TPSA) is 34.6 Å². The Kier molecular flexibility index (Phi) is 5.71. The molecule has 0 amide bonds. The second kappa shape index (κ2) is 7.75. The van der Waals surface area contributed by atoms with Crippen molar-refractivity contribution in [3.63, 3.8) is 0 Å². The van der Waals surface area contributed by atoms with E-state index in [0.717, 1.165) is 55.9 Å². The van der Waals surface area contributed by atoms with Gasteiger partial charge in [0, 0.05) is 30.4 Å². The zero-order valence-electron chi connectivity index (χ0n) is 13.3. The molecule has 2 aliphatic rings. The fourth-order valence-electron chi connectivity index (χ4n) is 3.13. The highest BCUT2D eigenvalue weighted by Gasteiger charge is 2.23. The van der Waals surface area contributed by atoms with Crippen molar-refractivity contribution in [3.8, 4) is 0 Å². The molecule has 0 radical (unpaired) electrons. The lowest BCUT2D eigenvalue weighted by molar-refractivity contribution is -0.0672. The molecular formula is C17H25BrN2O2. The number of aromatic nitrogens is 1. The van der Waals surface area contributed by atoms with Crippen molar-refractivity contribution in [1.29, 1.82) is 0 Å². The standard InChI is InChI=1S/C17H25BrN2O2/c1-13-10-17(19-11-16(13)18)20-7-5-14(6-8-20)22-12-15-4-2-3-9-21-15/h10-11,14-15H,2-9,12H2,1H3. The van der Waals surface area contributed by atoms with E-state index in [1.165, 1.54) is 18.4 Å². The highest BCUT2D eigenvalue weighted by Crippen LogP contribution is 2.24. The summed E-state index contributed by atoms with van der Waals surface area (Å²) in [5.41, 5.74) is 1.23. The number of hydrogen-bond acceptors (Lipinski definition) is 4. The van der Waals surface area contributed by atoms with E-state index in [4.69, 9.17) is 9.47 Å². The summed E-state index contributed by atoms with van der Waals surface area (Å²) in [5.74, 6) is 1.08. The van der Waals surface area contributed by atoms with Crippen LogP contribution < -0.4 is 4.90 Å². The average molecular weight is 369 g/mol. The first-order chi connectivity index (χ1) is 10.7. The zero-order chi connectivity index (χ0) is 15.4. The van der Waals surface area contributed by atoms with Gasteiger partial charge in [0.2, 0.25) is 0 Å². The Morgan fingerprint density at radius 3 is 2.82 bits per heavy atom. The second-order valence-electron chi connectivity index (χ2n) is 6.30. The maximum Gasteiger partial charge on any atom is 0.128 e. The molecule has 0 bridgehead atoms. The van der Waals surface area contributed by atoms with Gasteiger partial charge in [0.05, 0.1) is 18.8 Å². The molecule has 4 nitrogen and oxygen atoms in total. The first-order valence-electron chi connectivity index (χ1n) is 8.32. The average Bonchev–Trinajstić information content (AvgIpc) is 2.57. The number of piperidine rings is 1. The molecule has 0 aromatic carbocycles. The molecule has 3 rings (SSSR count). The minimum Gasteiger partial charge on any atom is -0.376 e. The van der Waals surface area contributed by atoms with Crippen molar-refractivity contribution in [3.05, 3.63) is 22.3 Å². The summed E-state index contributed by atoms with van der Waals surface area (Å²) in [6, 6.07) is 2.15. The van der Waals surface area contributed by atoms with Crippen molar-refractivity contribution in [1.82, 2.24) is 4.98 Å². The molecule has 2 fully saturated rings. The minimum atomic E-state index is 0.322. The number of hydrogen-bond donors (Lipinski definition) is 0. The number of rotatable bonds is 4. The second-order valence-corrected chi connectivity index (χ2v) is 7.15. The molecular weight excluding hydrogens is 344 g/mol. The van der Waals surface area contributed by atoms with Crippen LogP contribution >= 0.6 is 15.9 Å². The molecule has 2 aliphatic heterocycles. The number of nitrogens with zero attached hydrogens (tertiary/aromatic N) is 2. The summed E-state index contributed by atoms with van der Waals surface area (Å²) in [6.07, 6.45) is 8.37. The van der Waals surface area contributed by atoms with Crippen molar-refractivity contribution in [2.45, 2.75) is 51.2 Å².